The van der Waals surface area contributed by atoms with Crippen LogP contribution in [0.1, 0.15) is 53.6 Å². The summed E-state index contributed by atoms with van der Waals surface area (Å²) in [5.74, 6) is 0.596. The number of imidazole rings is 2. The average molecular weight is 383 g/mol. The molecule has 28 heavy (non-hydrogen) atoms. The predicted molar refractivity (Wildman–Crippen MR) is 105 cm³/mol. The van der Waals surface area contributed by atoms with E-state index in [1.54, 1.807) is 34.8 Å². The van der Waals surface area contributed by atoms with Crippen LogP contribution in [0.15, 0.2) is 29.2 Å². The first kappa shape index (κ1) is 18.5. The third-order valence-electron chi connectivity index (χ3n) is 5.48. The van der Waals surface area contributed by atoms with E-state index in [1.165, 1.54) is 0 Å². The molecule has 2 heterocycles. The number of nitrogens with one attached hydrogen (secondary N) is 2. The van der Waals surface area contributed by atoms with Crippen LogP contribution in [-0.2, 0) is 6.54 Å². The molecule has 1 aromatic carbocycles. The molecule has 8 nitrogen and oxygen atoms in total. The summed E-state index contributed by atoms with van der Waals surface area (Å²) in [5, 5.41) is 9.72. The first-order chi connectivity index (χ1) is 13.4. The van der Waals surface area contributed by atoms with Crippen molar-refractivity contribution in [3.8, 4) is 0 Å². The number of nitrogens with zero attached hydrogens (tertiary/aromatic N) is 3. The number of aliphatic hydroxyl groups is 1. The molecule has 148 valence electrons. The highest BCUT2D eigenvalue weighted by atomic mass is 16.3. The van der Waals surface area contributed by atoms with Gasteiger partial charge in [0.05, 0.1) is 23.7 Å². The summed E-state index contributed by atoms with van der Waals surface area (Å²) in [7, 11) is 1.73. The normalized spacial score (nSPS) is 19.8. The quantitative estimate of drug-likeness (QED) is 0.641. The number of aryl methyl sites for hydroxylation is 1. The molecular weight excluding hydrogens is 358 g/mol. The van der Waals surface area contributed by atoms with Gasteiger partial charge in [0, 0.05) is 30.5 Å². The molecule has 0 aliphatic heterocycles. The number of fused-ring (bicyclic) bond motifs is 1. The molecule has 0 radical (unpaired) electrons. The Morgan fingerprint density at radius 2 is 2.04 bits per heavy atom. The lowest BCUT2D eigenvalue weighted by molar-refractivity contribution is 0.0782. The second-order valence-electron chi connectivity index (χ2n) is 7.67. The summed E-state index contributed by atoms with van der Waals surface area (Å²) in [5.41, 5.74) is 2.76. The molecule has 2 aromatic heterocycles. The van der Waals surface area contributed by atoms with Crippen LogP contribution in [-0.4, -0.2) is 48.6 Å². The Labute approximate surface area is 162 Å². The van der Waals surface area contributed by atoms with Gasteiger partial charge in [-0.3, -0.25) is 9.36 Å². The lowest BCUT2D eigenvalue weighted by Gasteiger charge is -2.26. The first-order valence-electron chi connectivity index (χ1n) is 9.60. The number of aliphatic hydroxyl groups excluding tert-OH is 1. The molecule has 3 aromatic rings. The number of rotatable bonds is 4. The highest BCUT2D eigenvalue weighted by molar-refractivity contribution is 5.97. The fraction of sp³-hybridized carbons (Fsp3) is 0.450. The minimum absolute atomic E-state index is 0.0797. The molecule has 4 rings (SSSR count). The second kappa shape index (κ2) is 7.27. The van der Waals surface area contributed by atoms with Crippen LogP contribution in [0.5, 0.6) is 0 Å². The largest absolute Gasteiger partial charge is 0.393 e. The summed E-state index contributed by atoms with van der Waals surface area (Å²) in [6, 6.07) is 5.40. The molecule has 1 saturated carbocycles. The molecule has 3 N–H and O–H groups in total. The molecule has 1 amide bonds. The third-order valence-corrected chi connectivity index (χ3v) is 5.48. The van der Waals surface area contributed by atoms with E-state index in [4.69, 9.17) is 0 Å². The maximum atomic E-state index is 12.8. The van der Waals surface area contributed by atoms with Crippen LogP contribution in [0, 0.1) is 6.92 Å². The van der Waals surface area contributed by atoms with Crippen LogP contribution in [0.25, 0.3) is 11.0 Å². The zero-order valence-electron chi connectivity index (χ0n) is 16.1. The van der Waals surface area contributed by atoms with Gasteiger partial charge < -0.3 is 20.0 Å². The van der Waals surface area contributed by atoms with Crippen molar-refractivity contribution in [1.82, 2.24) is 24.4 Å². The van der Waals surface area contributed by atoms with E-state index >= 15 is 0 Å². The van der Waals surface area contributed by atoms with Gasteiger partial charge in [0.25, 0.3) is 5.91 Å². The molecule has 0 saturated heterocycles. The molecule has 0 atom stereocenters. The third kappa shape index (κ3) is 3.47. The fourth-order valence-corrected chi connectivity index (χ4v) is 4.01. The van der Waals surface area contributed by atoms with Gasteiger partial charge in [-0.15, -0.1) is 0 Å². The van der Waals surface area contributed by atoms with Crippen molar-refractivity contribution in [2.75, 3.05) is 7.05 Å². The first-order valence-corrected chi connectivity index (χ1v) is 9.60. The van der Waals surface area contributed by atoms with E-state index in [9.17, 15) is 14.7 Å². The lowest BCUT2D eigenvalue weighted by atomic mass is 9.93. The van der Waals surface area contributed by atoms with Crippen LogP contribution in [0.3, 0.4) is 0 Å². The van der Waals surface area contributed by atoms with E-state index < -0.39 is 0 Å². The van der Waals surface area contributed by atoms with E-state index in [-0.39, 0.29) is 23.7 Å². The van der Waals surface area contributed by atoms with E-state index in [0.29, 0.717) is 30.5 Å². The molecule has 0 unspecified atom stereocenters. The molecule has 1 fully saturated rings. The fourth-order valence-electron chi connectivity index (χ4n) is 4.01. The minimum atomic E-state index is -0.269. The number of amides is 1. The number of aromatic nitrogens is 4. The molecule has 0 bridgehead atoms. The maximum absolute atomic E-state index is 12.8. The number of hydrogen-bond donors (Lipinski definition) is 3. The monoisotopic (exact) mass is 383 g/mol. The number of benzene rings is 1. The van der Waals surface area contributed by atoms with Crippen molar-refractivity contribution in [3.63, 3.8) is 0 Å². The van der Waals surface area contributed by atoms with E-state index in [1.807, 2.05) is 13.0 Å². The summed E-state index contributed by atoms with van der Waals surface area (Å²) in [6.45, 7) is 2.30. The summed E-state index contributed by atoms with van der Waals surface area (Å²) >= 11 is 0. The summed E-state index contributed by atoms with van der Waals surface area (Å²) in [6.07, 6.45) is 4.43. The SMILES string of the molecule is Cc1cnc(CN(C)C(=O)c2ccc3c(c2)[nH]c(=O)n3C2CCC(O)CC2)[nH]1. The zero-order valence-corrected chi connectivity index (χ0v) is 16.1. The van der Waals surface area contributed by atoms with E-state index in [0.717, 1.165) is 29.9 Å². The van der Waals surface area contributed by atoms with Crippen LogP contribution in [0.4, 0.5) is 0 Å². The van der Waals surface area contributed by atoms with Crippen molar-refractivity contribution >= 4 is 16.9 Å². The van der Waals surface area contributed by atoms with Crippen LogP contribution >= 0.6 is 0 Å². The van der Waals surface area contributed by atoms with Crippen molar-refractivity contribution in [1.29, 1.82) is 0 Å². The minimum Gasteiger partial charge on any atom is -0.393 e. The van der Waals surface area contributed by atoms with Crippen molar-refractivity contribution in [2.24, 2.45) is 0 Å². The van der Waals surface area contributed by atoms with Gasteiger partial charge in [0.1, 0.15) is 5.82 Å². The van der Waals surface area contributed by atoms with Crippen molar-refractivity contribution < 1.29 is 9.90 Å². The van der Waals surface area contributed by atoms with E-state index in [2.05, 4.69) is 15.0 Å². The topological polar surface area (TPSA) is 107 Å². The van der Waals surface area contributed by atoms with Gasteiger partial charge in [-0.05, 0) is 50.8 Å². The number of carbonyl (C=O) groups is 1. The zero-order chi connectivity index (χ0) is 19.8. The van der Waals surface area contributed by atoms with Gasteiger partial charge in [-0.25, -0.2) is 9.78 Å². The highest BCUT2D eigenvalue weighted by Gasteiger charge is 2.24. The maximum Gasteiger partial charge on any atom is 0.326 e. The molecule has 8 heteroatoms. The Balaban J connectivity index is 1.58. The Hall–Kier alpha value is -2.87. The van der Waals surface area contributed by atoms with Gasteiger partial charge in [0.15, 0.2) is 0 Å². The molecule has 1 aliphatic rings. The van der Waals surface area contributed by atoms with Crippen LogP contribution in [0.2, 0.25) is 0 Å². The summed E-state index contributed by atoms with van der Waals surface area (Å²) < 4.78 is 1.77. The molecular formula is C20H25N5O3. The summed E-state index contributed by atoms with van der Waals surface area (Å²) in [4.78, 5) is 37.1. The van der Waals surface area contributed by atoms with Crippen LogP contribution < -0.4 is 5.69 Å². The Morgan fingerprint density at radius 1 is 1.29 bits per heavy atom. The molecule has 1 aliphatic carbocycles. The Morgan fingerprint density at radius 3 is 2.71 bits per heavy atom. The standard InChI is InChI=1S/C20H25N5O3/c1-12-10-21-18(22-12)11-24(2)19(27)13-3-8-17-16(9-13)23-20(28)25(17)14-4-6-15(26)7-5-14/h3,8-10,14-15,26H,4-7,11H2,1-2H3,(H,21,22)(H,23,28). The second-order valence-corrected chi connectivity index (χ2v) is 7.67. The van der Waals surface area contributed by atoms with Gasteiger partial charge in [-0.2, -0.15) is 0 Å². The lowest BCUT2D eigenvalue weighted by Crippen LogP contribution is -2.27. The van der Waals surface area contributed by atoms with Crippen molar-refractivity contribution in [2.45, 2.75) is 51.3 Å². The predicted octanol–water partition coefficient (Wildman–Crippen LogP) is 2.11. The number of aromatic amines is 2. The number of hydrogen-bond acceptors (Lipinski definition) is 4. The van der Waals surface area contributed by atoms with Gasteiger partial charge in [0.2, 0.25) is 0 Å². The Bertz CT molecular complexity index is 1060. The Kier molecular flexibility index (Phi) is 4.80. The molecule has 0 spiro atoms. The highest BCUT2D eigenvalue weighted by Crippen LogP contribution is 2.30. The van der Waals surface area contributed by atoms with Crippen molar-refractivity contribution in [3.05, 3.63) is 52.0 Å². The smallest absolute Gasteiger partial charge is 0.326 e. The number of carbonyl (C=O) groups excluding carboxylic acids is 1. The van der Waals surface area contributed by atoms with Gasteiger partial charge >= 0.3 is 5.69 Å². The number of H-pyrrole nitrogens is 2. The van der Waals surface area contributed by atoms with Gasteiger partial charge in [-0.1, -0.05) is 0 Å². The average Bonchev–Trinajstić information content (AvgIpc) is 3.23.